The molecular weight excluding hydrogens is 448 g/mol. The Kier molecular flexibility index (Phi) is 9.80. The third kappa shape index (κ3) is 8.53. The van der Waals surface area contributed by atoms with Crippen LogP contribution in [-0.2, 0) is 32.0 Å². The lowest BCUT2D eigenvalue weighted by Gasteiger charge is -2.27. The van der Waals surface area contributed by atoms with Gasteiger partial charge in [0.15, 0.2) is 0 Å². The average Bonchev–Trinajstić information content (AvgIpc) is 2.88. The fourth-order valence-electron chi connectivity index (χ4n) is 4.02. The molecule has 35 heavy (non-hydrogen) atoms. The highest BCUT2D eigenvalue weighted by Crippen LogP contribution is 2.10. The number of benzene rings is 2. The lowest BCUT2D eigenvalue weighted by atomic mass is 10.0. The molecule has 0 unspecified atom stereocenters. The van der Waals surface area contributed by atoms with Gasteiger partial charge in [-0.1, -0.05) is 67.1 Å². The number of aliphatic carboxylic acids is 1. The minimum atomic E-state index is -1.18. The van der Waals surface area contributed by atoms with Gasteiger partial charge in [-0.2, -0.15) is 0 Å². The molecule has 0 aliphatic carbocycles. The van der Waals surface area contributed by atoms with Gasteiger partial charge in [0, 0.05) is 12.8 Å². The Labute approximate surface area is 204 Å². The second-order valence-corrected chi connectivity index (χ2v) is 8.62. The van der Waals surface area contributed by atoms with Crippen molar-refractivity contribution in [3.63, 3.8) is 0 Å². The van der Waals surface area contributed by atoms with Crippen LogP contribution in [0.4, 0.5) is 0 Å². The molecule has 5 N–H and O–H groups in total. The first-order valence-corrected chi connectivity index (χ1v) is 11.8. The minimum absolute atomic E-state index is 0.175. The molecule has 3 rings (SSSR count). The second-order valence-electron chi connectivity index (χ2n) is 8.62. The van der Waals surface area contributed by atoms with E-state index in [4.69, 9.17) is 5.11 Å². The van der Waals surface area contributed by atoms with E-state index in [1.165, 1.54) is 0 Å². The molecule has 3 atom stereocenters. The normalized spacial score (nSPS) is 17.0. The van der Waals surface area contributed by atoms with Crippen LogP contribution in [0, 0.1) is 0 Å². The minimum Gasteiger partial charge on any atom is -0.480 e. The summed E-state index contributed by atoms with van der Waals surface area (Å²) in [6.07, 6.45) is 3.06. The number of carboxylic acid groups (broad SMARTS) is 1. The zero-order chi connectivity index (χ0) is 25.0. The Hall–Kier alpha value is -3.72. The molecule has 0 radical (unpaired) electrons. The summed E-state index contributed by atoms with van der Waals surface area (Å²) in [5.74, 6) is -2.55. The molecule has 1 saturated heterocycles. The number of carbonyl (C=O) groups is 4. The summed E-state index contributed by atoms with van der Waals surface area (Å²) < 4.78 is 0. The summed E-state index contributed by atoms with van der Waals surface area (Å²) >= 11 is 0. The molecule has 0 spiro atoms. The summed E-state index contributed by atoms with van der Waals surface area (Å²) in [7, 11) is 0. The first-order valence-electron chi connectivity index (χ1n) is 11.8. The van der Waals surface area contributed by atoms with Crippen molar-refractivity contribution in [3.8, 4) is 0 Å². The molecule has 0 aromatic heterocycles. The van der Waals surface area contributed by atoms with E-state index in [2.05, 4.69) is 21.3 Å². The molecule has 2 aromatic rings. The first-order chi connectivity index (χ1) is 16.9. The maximum Gasteiger partial charge on any atom is 0.322 e. The van der Waals surface area contributed by atoms with Crippen LogP contribution in [0.1, 0.15) is 30.4 Å². The zero-order valence-corrected chi connectivity index (χ0v) is 19.5. The summed E-state index contributed by atoms with van der Waals surface area (Å²) in [6.45, 7) is 0.189. The van der Waals surface area contributed by atoms with Crippen LogP contribution in [-0.4, -0.2) is 60.0 Å². The van der Waals surface area contributed by atoms with Crippen molar-refractivity contribution < 1.29 is 24.3 Å². The maximum absolute atomic E-state index is 13.4. The summed E-state index contributed by atoms with van der Waals surface area (Å²) in [5, 5.41) is 20.0. The van der Waals surface area contributed by atoms with Gasteiger partial charge in [-0.15, -0.1) is 0 Å². The third-order valence-electron chi connectivity index (χ3n) is 5.87. The molecule has 2 aromatic carbocycles. The molecule has 9 heteroatoms. The monoisotopic (exact) mass is 480 g/mol. The summed E-state index contributed by atoms with van der Waals surface area (Å²) in [5.41, 5.74) is 1.66. The largest absolute Gasteiger partial charge is 0.480 e. The van der Waals surface area contributed by atoms with Gasteiger partial charge >= 0.3 is 5.97 Å². The number of hydrogen-bond acceptors (Lipinski definition) is 5. The number of piperidine rings is 1. The Morgan fingerprint density at radius 3 is 1.91 bits per heavy atom. The molecule has 1 aliphatic heterocycles. The van der Waals surface area contributed by atoms with Crippen molar-refractivity contribution >= 4 is 23.7 Å². The Morgan fingerprint density at radius 2 is 1.40 bits per heavy atom. The van der Waals surface area contributed by atoms with Crippen LogP contribution in [0.3, 0.4) is 0 Å². The van der Waals surface area contributed by atoms with Gasteiger partial charge in [0.25, 0.3) is 0 Å². The van der Waals surface area contributed by atoms with E-state index in [1.807, 2.05) is 60.7 Å². The molecule has 3 amide bonds. The maximum atomic E-state index is 13.4. The van der Waals surface area contributed by atoms with Crippen LogP contribution in [0.25, 0.3) is 0 Å². The number of amides is 3. The molecule has 0 saturated carbocycles. The zero-order valence-electron chi connectivity index (χ0n) is 19.5. The van der Waals surface area contributed by atoms with Crippen LogP contribution in [0.15, 0.2) is 60.7 Å². The smallest absolute Gasteiger partial charge is 0.322 e. The number of nitrogens with one attached hydrogen (secondary N) is 4. The predicted molar refractivity (Wildman–Crippen MR) is 130 cm³/mol. The van der Waals surface area contributed by atoms with Gasteiger partial charge in [0.05, 0.1) is 6.04 Å². The van der Waals surface area contributed by atoms with Crippen molar-refractivity contribution in [2.24, 2.45) is 0 Å². The third-order valence-corrected chi connectivity index (χ3v) is 5.87. The first kappa shape index (κ1) is 25.9. The van der Waals surface area contributed by atoms with E-state index < -0.39 is 36.4 Å². The fourth-order valence-corrected chi connectivity index (χ4v) is 4.02. The molecule has 1 fully saturated rings. The van der Waals surface area contributed by atoms with Gasteiger partial charge < -0.3 is 26.4 Å². The average molecular weight is 481 g/mol. The summed E-state index contributed by atoms with van der Waals surface area (Å²) in [4.78, 5) is 49.9. The topological polar surface area (TPSA) is 137 Å². The number of carbonyl (C=O) groups excluding carboxylic acids is 3. The van der Waals surface area contributed by atoms with Gasteiger partial charge in [-0.25, -0.2) is 0 Å². The van der Waals surface area contributed by atoms with E-state index in [-0.39, 0.29) is 24.8 Å². The van der Waals surface area contributed by atoms with Crippen LogP contribution in [0.5, 0.6) is 0 Å². The molecule has 9 nitrogen and oxygen atoms in total. The summed E-state index contributed by atoms with van der Waals surface area (Å²) in [6, 6.07) is 16.1. The van der Waals surface area contributed by atoms with E-state index in [1.54, 1.807) is 0 Å². The van der Waals surface area contributed by atoms with Gasteiger partial charge in [0.1, 0.15) is 18.6 Å². The van der Waals surface area contributed by atoms with Crippen molar-refractivity contribution in [2.75, 3.05) is 13.1 Å². The Morgan fingerprint density at radius 1 is 0.829 bits per heavy atom. The van der Waals surface area contributed by atoms with Crippen LogP contribution < -0.4 is 21.3 Å². The SMILES string of the molecule is O=C(O)CNC(=O)[C@H](Cc1ccccc1)NC(=O)[C@H](Cc1ccccc1)NC(=O)[C@@H]1CCCCN1. The van der Waals surface area contributed by atoms with E-state index in [0.29, 0.717) is 6.42 Å². The highest BCUT2D eigenvalue weighted by atomic mass is 16.4. The highest BCUT2D eigenvalue weighted by Gasteiger charge is 2.30. The number of hydrogen-bond donors (Lipinski definition) is 5. The second kappa shape index (κ2) is 13.2. The fraction of sp³-hybridized carbons (Fsp3) is 0.385. The van der Waals surface area contributed by atoms with Gasteiger partial charge in [-0.05, 0) is 30.5 Å². The van der Waals surface area contributed by atoms with Crippen molar-refractivity contribution in [3.05, 3.63) is 71.8 Å². The van der Waals surface area contributed by atoms with Crippen molar-refractivity contribution in [2.45, 2.75) is 50.2 Å². The van der Waals surface area contributed by atoms with Gasteiger partial charge in [-0.3, -0.25) is 19.2 Å². The predicted octanol–water partition coefficient (Wildman–Crippen LogP) is 0.784. The van der Waals surface area contributed by atoms with Crippen LogP contribution in [0.2, 0.25) is 0 Å². The molecule has 0 bridgehead atoms. The lowest BCUT2D eigenvalue weighted by Crippen LogP contribution is -2.58. The standard InChI is InChI=1S/C26H32N4O5/c31-23(32)17-28-24(33)21(15-18-9-3-1-4-10-18)29-26(35)22(16-19-11-5-2-6-12-19)30-25(34)20-13-7-8-14-27-20/h1-6,9-12,20-22,27H,7-8,13-17H2,(H,28,33)(H,29,35)(H,30,34)(H,31,32)/t20-,21-,22-/m0/s1. The quantitative estimate of drug-likeness (QED) is 0.323. The molecule has 186 valence electrons. The molecule has 1 aliphatic rings. The molecule has 1 heterocycles. The number of rotatable bonds is 11. The van der Waals surface area contributed by atoms with Crippen molar-refractivity contribution in [1.82, 2.24) is 21.3 Å². The van der Waals surface area contributed by atoms with Gasteiger partial charge in [0.2, 0.25) is 17.7 Å². The van der Waals surface area contributed by atoms with E-state index in [0.717, 1.165) is 30.5 Å². The Bertz CT molecular complexity index is 993. The Balaban J connectivity index is 1.76. The van der Waals surface area contributed by atoms with E-state index in [9.17, 15) is 19.2 Å². The van der Waals surface area contributed by atoms with Crippen LogP contribution >= 0.6 is 0 Å². The molecular formula is C26H32N4O5. The van der Waals surface area contributed by atoms with E-state index >= 15 is 0 Å². The number of carboxylic acids is 1. The van der Waals surface area contributed by atoms with Crippen molar-refractivity contribution in [1.29, 1.82) is 0 Å². The highest BCUT2D eigenvalue weighted by molar-refractivity contribution is 5.94. The lowest BCUT2D eigenvalue weighted by molar-refractivity contribution is -0.138.